The summed E-state index contributed by atoms with van der Waals surface area (Å²) >= 11 is 5.72. The molecule has 0 unspecified atom stereocenters. The molecule has 1 aromatic heterocycles. The van der Waals surface area contributed by atoms with E-state index in [1.165, 1.54) is 5.56 Å². The molecule has 0 fully saturated rings. The van der Waals surface area contributed by atoms with E-state index in [0.717, 1.165) is 23.1 Å². The van der Waals surface area contributed by atoms with Crippen LogP contribution in [-0.4, -0.2) is 21.1 Å². The number of hydrogen-bond donors (Lipinski definition) is 1. The number of fused-ring (bicyclic) bond motifs is 1. The molecule has 1 heterocycles. The number of anilines is 2. The van der Waals surface area contributed by atoms with Crippen LogP contribution in [0.25, 0.3) is 11.0 Å². The minimum Gasteiger partial charge on any atom is -0.323 e. The fourth-order valence-electron chi connectivity index (χ4n) is 1.93. The van der Waals surface area contributed by atoms with E-state index >= 15 is 0 Å². The van der Waals surface area contributed by atoms with E-state index in [1.54, 1.807) is 0 Å². The van der Waals surface area contributed by atoms with E-state index in [-0.39, 0.29) is 0 Å². The van der Waals surface area contributed by atoms with Crippen LogP contribution in [0.2, 0.25) is 0 Å². The highest BCUT2D eigenvalue weighted by atomic mass is 35.5. The van der Waals surface area contributed by atoms with Gasteiger partial charge in [0.15, 0.2) is 0 Å². The first-order valence-corrected chi connectivity index (χ1v) is 6.90. The van der Waals surface area contributed by atoms with Crippen molar-refractivity contribution >= 4 is 34.3 Å². The van der Waals surface area contributed by atoms with Gasteiger partial charge in [0.05, 0.1) is 5.52 Å². The van der Waals surface area contributed by atoms with Gasteiger partial charge in [-0.1, -0.05) is 24.3 Å². The van der Waals surface area contributed by atoms with Crippen LogP contribution >= 0.6 is 11.6 Å². The molecular formula is C15H13ClN4. The lowest BCUT2D eigenvalue weighted by atomic mass is 10.1. The molecule has 3 rings (SSSR count). The first kappa shape index (κ1) is 12.8. The summed E-state index contributed by atoms with van der Waals surface area (Å²) in [6, 6.07) is 15.7. The Hall–Kier alpha value is -2.20. The third kappa shape index (κ3) is 2.86. The largest absolute Gasteiger partial charge is 0.323 e. The summed E-state index contributed by atoms with van der Waals surface area (Å²) in [5.74, 6) is 1.12. The van der Waals surface area contributed by atoms with Crippen LogP contribution in [0, 0.1) is 0 Å². The minimum atomic E-state index is 0.494. The topological polar surface area (TPSA) is 50.7 Å². The molecule has 3 aromatic rings. The highest BCUT2D eigenvalue weighted by molar-refractivity contribution is 6.17. The molecule has 0 saturated carbocycles. The summed E-state index contributed by atoms with van der Waals surface area (Å²) < 4.78 is 0. The normalized spacial score (nSPS) is 10.7. The fraction of sp³-hybridized carbons (Fsp3) is 0.133. The lowest BCUT2D eigenvalue weighted by Crippen LogP contribution is -1.99. The van der Waals surface area contributed by atoms with Gasteiger partial charge in [0.1, 0.15) is 5.52 Å². The maximum Gasteiger partial charge on any atom is 0.247 e. The third-order valence-electron chi connectivity index (χ3n) is 2.95. The van der Waals surface area contributed by atoms with Crippen LogP contribution < -0.4 is 5.32 Å². The summed E-state index contributed by atoms with van der Waals surface area (Å²) in [5.41, 5.74) is 3.75. The summed E-state index contributed by atoms with van der Waals surface area (Å²) in [5, 5.41) is 11.3. The monoisotopic (exact) mass is 284 g/mol. The second kappa shape index (κ2) is 5.84. The summed E-state index contributed by atoms with van der Waals surface area (Å²) in [6.45, 7) is 0. The number of aryl methyl sites for hydroxylation is 1. The molecule has 1 N–H and O–H groups in total. The van der Waals surface area contributed by atoms with Crippen molar-refractivity contribution < 1.29 is 0 Å². The molecule has 0 aliphatic carbocycles. The van der Waals surface area contributed by atoms with Crippen molar-refractivity contribution in [2.24, 2.45) is 0 Å². The van der Waals surface area contributed by atoms with Gasteiger partial charge in [-0.2, -0.15) is 0 Å². The van der Waals surface area contributed by atoms with Gasteiger partial charge in [-0.05, 0) is 36.2 Å². The van der Waals surface area contributed by atoms with Crippen molar-refractivity contribution in [3.63, 3.8) is 0 Å². The van der Waals surface area contributed by atoms with Crippen LogP contribution in [0.15, 0.2) is 48.5 Å². The van der Waals surface area contributed by atoms with Gasteiger partial charge in [-0.25, -0.2) is 4.98 Å². The molecule has 0 atom stereocenters. The maximum atomic E-state index is 5.72. The van der Waals surface area contributed by atoms with Crippen molar-refractivity contribution in [1.29, 1.82) is 0 Å². The number of benzene rings is 2. The van der Waals surface area contributed by atoms with E-state index in [4.69, 9.17) is 11.6 Å². The van der Waals surface area contributed by atoms with E-state index in [2.05, 4.69) is 20.5 Å². The molecule has 0 aliphatic heterocycles. The van der Waals surface area contributed by atoms with E-state index in [1.807, 2.05) is 48.5 Å². The van der Waals surface area contributed by atoms with Gasteiger partial charge in [-0.3, -0.25) is 0 Å². The van der Waals surface area contributed by atoms with Gasteiger partial charge in [0, 0.05) is 11.6 Å². The zero-order chi connectivity index (χ0) is 13.8. The van der Waals surface area contributed by atoms with Crippen molar-refractivity contribution in [1.82, 2.24) is 15.2 Å². The molecule has 0 spiro atoms. The molecular weight excluding hydrogens is 272 g/mol. The van der Waals surface area contributed by atoms with Crippen molar-refractivity contribution in [3.05, 3.63) is 54.1 Å². The number of alkyl halides is 1. The number of aromatic nitrogens is 3. The minimum absolute atomic E-state index is 0.494. The SMILES string of the molecule is ClCCc1ccc(Nc2nnc3ccccc3n2)cc1. The Labute approximate surface area is 121 Å². The van der Waals surface area contributed by atoms with E-state index in [9.17, 15) is 0 Å². The van der Waals surface area contributed by atoms with E-state index in [0.29, 0.717) is 11.8 Å². The van der Waals surface area contributed by atoms with Crippen LogP contribution in [0.1, 0.15) is 5.56 Å². The molecule has 4 nitrogen and oxygen atoms in total. The van der Waals surface area contributed by atoms with Crippen LogP contribution in [0.4, 0.5) is 11.6 Å². The van der Waals surface area contributed by atoms with Gasteiger partial charge < -0.3 is 5.32 Å². The summed E-state index contributed by atoms with van der Waals surface area (Å²) in [6.07, 6.45) is 0.871. The van der Waals surface area contributed by atoms with Gasteiger partial charge in [-0.15, -0.1) is 21.8 Å². The Morgan fingerprint density at radius 2 is 1.65 bits per heavy atom. The Balaban J connectivity index is 1.81. The second-order valence-electron chi connectivity index (χ2n) is 4.39. The van der Waals surface area contributed by atoms with Crippen LogP contribution in [0.3, 0.4) is 0 Å². The number of nitrogens with one attached hydrogen (secondary N) is 1. The third-order valence-corrected chi connectivity index (χ3v) is 3.14. The molecule has 0 aliphatic rings. The predicted octanol–water partition coefficient (Wildman–Crippen LogP) is 3.55. The van der Waals surface area contributed by atoms with E-state index < -0.39 is 0 Å². The molecule has 100 valence electrons. The fourth-order valence-corrected chi connectivity index (χ4v) is 2.15. The zero-order valence-electron chi connectivity index (χ0n) is 10.8. The molecule has 20 heavy (non-hydrogen) atoms. The van der Waals surface area contributed by atoms with Crippen molar-refractivity contribution in [2.45, 2.75) is 6.42 Å². The average molecular weight is 285 g/mol. The number of para-hydroxylation sites is 1. The first-order chi connectivity index (χ1) is 9.85. The first-order valence-electron chi connectivity index (χ1n) is 6.36. The summed E-state index contributed by atoms with van der Waals surface area (Å²) in [7, 11) is 0. The standard InChI is InChI=1S/C15H13ClN4/c16-10-9-11-5-7-12(8-6-11)17-15-18-13-3-1-2-4-14(13)19-20-15/h1-8H,9-10H2,(H,17,18,20). The summed E-state index contributed by atoms with van der Waals surface area (Å²) in [4.78, 5) is 4.42. The van der Waals surface area contributed by atoms with Crippen molar-refractivity contribution in [2.75, 3.05) is 11.2 Å². The number of hydrogen-bond acceptors (Lipinski definition) is 4. The molecule has 0 radical (unpaired) electrons. The highest BCUT2D eigenvalue weighted by Gasteiger charge is 2.01. The van der Waals surface area contributed by atoms with Gasteiger partial charge >= 0.3 is 0 Å². The Bertz CT molecular complexity index is 712. The zero-order valence-corrected chi connectivity index (χ0v) is 11.5. The predicted molar refractivity (Wildman–Crippen MR) is 81.5 cm³/mol. The molecule has 5 heteroatoms. The average Bonchev–Trinajstić information content (AvgIpc) is 2.49. The van der Waals surface area contributed by atoms with Crippen molar-refractivity contribution in [3.8, 4) is 0 Å². The lowest BCUT2D eigenvalue weighted by molar-refractivity contribution is 1.03. The lowest BCUT2D eigenvalue weighted by Gasteiger charge is -2.05. The Morgan fingerprint density at radius 1 is 0.900 bits per heavy atom. The number of rotatable bonds is 4. The maximum absolute atomic E-state index is 5.72. The van der Waals surface area contributed by atoms with Gasteiger partial charge in [0.2, 0.25) is 5.95 Å². The number of nitrogens with zero attached hydrogens (tertiary/aromatic N) is 3. The molecule has 0 saturated heterocycles. The quantitative estimate of drug-likeness (QED) is 0.745. The second-order valence-corrected chi connectivity index (χ2v) is 4.76. The van der Waals surface area contributed by atoms with Crippen LogP contribution in [-0.2, 0) is 6.42 Å². The molecule has 0 bridgehead atoms. The molecule has 0 amide bonds. The molecule has 2 aromatic carbocycles. The highest BCUT2D eigenvalue weighted by Crippen LogP contribution is 2.16. The Kier molecular flexibility index (Phi) is 3.74. The van der Waals surface area contributed by atoms with Gasteiger partial charge in [0.25, 0.3) is 0 Å². The van der Waals surface area contributed by atoms with Crippen LogP contribution in [0.5, 0.6) is 0 Å². The Morgan fingerprint density at radius 3 is 2.40 bits per heavy atom. The number of halogens is 1. The smallest absolute Gasteiger partial charge is 0.247 e.